The molecule has 0 N–H and O–H groups in total. The first-order valence-corrected chi connectivity index (χ1v) is 6.52. The number of halogens is 1. The normalized spacial score (nSPS) is 10.2. The van der Waals surface area contributed by atoms with Crippen LogP contribution in [0.5, 0.6) is 0 Å². The Balaban J connectivity index is 2.24. The number of benzene rings is 1. The molecule has 0 saturated carbocycles. The zero-order valence-electron chi connectivity index (χ0n) is 9.05. The average molecular weight is 309 g/mol. The smallest absolute Gasteiger partial charge is 0.160 e. The summed E-state index contributed by atoms with van der Waals surface area (Å²) in [5.41, 5.74) is 0.688. The number of hydrogen-bond donors (Lipinski definition) is 0. The van der Waals surface area contributed by atoms with E-state index in [1.807, 2.05) is 18.2 Å². The van der Waals surface area contributed by atoms with Crippen LogP contribution in [0.3, 0.4) is 0 Å². The Labute approximate surface area is 112 Å². The summed E-state index contributed by atoms with van der Waals surface area (Å²) in [5.74, 6) is 0.0490. The maximum absolute atomic E-state index is 11.3. The number of carbonyl (C=O) groups excluding carboxylic acids is 1. The summed E-state index contributed by atoms with van der Waals surface area (Å²) in [6, 6.07) is 5.63. The third-order valence-corrected chi connectivity index (χ3v) is 3.65. The third kappa shape index (κ3) is 3.14. The van der Waals surface area contributed by atoms with Gasteiger partial charge in [0.1, 0.15) is 5.03 Å². The van der Waals surface area contributed by atoms with Crippen LogP contribution in [0.15, 0.2) is 51.2 Å². The van der Waals surface area contributed by atoms with Gasteiger partial charge in [0, 0.05) is 27.3 Å². The Morgan fingerprint density at radius 2 is 2.18 bits per heavy atom. The predicted molar refractivity (Wildman–Crippen MR) is 70.3 cm³/mol. The molecule has 1 heterocycles. The van der Waals surface area contributed by atoms with Crippen molar-refractivity contribution in [2.75, 3.05) is 0 Å². The Hall–Kier alpha value is -1.20. The van der Waals surface area contributed by atoms with E-state index in [4.69, 9.17) is 0 Å². The van der Waals surface area contributed by atoms with Gasteiger partial charge in [0.2, 0.25) is 0 Å². The van der Waals surface area contributed by atoms with Crippen LogP contribution >= 0.6 is 27.7 Å². The fourth-order valence-corrected chi connectivity index (χ4v) is 2.89. The first kappa shape index (κ1) is 12.3. The highest BCUT2D eigenvalue weighted by molar-refractivity contribution is 9.10. The van der Waals surface area contributed by atoms with E-state index in [9.17, 15) is 4.79 Å². The number of rotatable bonds is 3. The molecule has 1 aromatic carbocycles. The molecule has 0 fully saturated rings. The summed E-state index contributed by atoms with van der Waals surface area (Å²) in [7, 11) is 0. The topological polar surface area (TPSA) is 42.9 Å². The van der Waals surface area contributed by atoms with Gasteiger partial charge in [0.05, 0.1) is 6.20 Å². The Morgan fingerprint density at radius 3 is 2.76 bits per heavy atom. The molecule has 0 spiro atoms. The number of aromatic nitrogens is 2. The fourth-order valence-electron chi connectivity index (χ4n) is 1.30. The van der Waals surface area contributed by atoms with E-state index in [2.05, 4.69) is 25.9 Å². The number of nitrogens with zero attached hydrogens (tertiary/aromatic N) is 2. The molecule has 2 aromatic rings. The van der Waals surface area contributed by atoms with Crippen LogP contribution in [0.2, 0.25) is 0 Å². The molecule has 3 nitrogen and oxygen atoms in total. The molecule has 0 atom stereocenters. The van der Waals surface area contributed by atoms with Gasteiger partial charge in [-0.15, -0.1) is 0 Å². The largest absolute Gasteiger partial charge is 0.294 e. The van der Waals surface area contributed by atoms with Crippen LogP contribution in [0.25, 0.3) is 0 Å². The van der Waals surface area contributed by atoms with Crippen molar-refractivity contribution >= 4 is 33.5 Å². The number of hydrogen-bond acceptors (Lipinski definition) is 4. The molecule has 0 aliphatic carbocycles. The molecule has 5 heteroatoms. The number of ketones is 1. The van der Waals surface area contributed by atoms with E-state index < -0.39 is 0 Å². The molecule has 0 aliphatic heterocycles. The maximum atomic E-state index is 11.3. The SMILES string of the molecule is CC(=O)c1ccc(Sc2cnccn2)cc1Br. The molecule has 0 unspecified atom stereocenters. The summed E-state index contributed by atoms with van der Waals surface area (Å²) in [5, 5.41) is 0.829. The van der Waals surface area contributed by atoms with Gasteiger partial charge in [0.15, 0.2) is 5.78 Å². The second kappa shape index (κ2) is 5.42. The molecular weight excluding hydrogens is 300 g/mol. The molecule has 0 radical (unpaired) electrons. The van der Waals surface area contributed by atoms with Gasteiger partial charge in [-0.2, -0.15) is 0 Å². The predicted octanol–water partition coefficient (Wildman–Crippen LogP) is 3.59. The van der Waals surface area contributed by atoms with Crippen molar-refractivity contribution in [2.45, 2.75) is 16.8 Å². The summed E-state index contributed by atoms with van der Waals surface area (Å²) in [6.45, 7) is 1.55. The van der Waals surface area contributed by atoms with Crippen molar-refractivity contribution in [1.29, 1.82) is 0 Å². The second-order valence-electron chi connectivity index (χ2n) is 3.34. The summed E-state index contributed by atoms with van der Waals surface area (Å²) in [4.78, 5) is 20.5. The maximum Gasteiger partial charge on any atom is 0.160 e. The van der Waals surface area contributed by atoms with Crippen molar-refractivity contribution in [3.8, 4) is 0 Å². The van der Waals surface area contributed by atoms with Gasteiger partial charge in [0.25, 0.3) is 0 Å². The summed E-state index contributed by atoms with van der Waals surface area (Å²) >= 11 is 4.90. The van der Waals surface area contributed by atoms with Gasteiger partial charge in [-0.05, 0) is 25.1 Å². The van der Waals surface area contributed by atoms with E-state index in [-0.39, 0.29) is 5.78 Å². The lowest BCUT2D eigenvalue weighted by Gasteiger charge is -2.04. The van der Waals surface area contributed by atoms with Crippen LogP contribution in [-0.2, 0) is 0 Å². The monoisotopic (exact) mass is 308 g/mol. The van der Waals surface area contributed by atoms with Gasteiger partial charge in [-0.25, -0.2) is 4.98 Å². The molecule has 1 aromatic heterocycles. The van der Waals surface area contributed by atoms with Gasteiger partial charge in [-0.3, -0.25) is 9.78 Å². The minimum absolute atomic E-state index is 0.0490. The van der Waals surface area contributed by atoms with Crippen molar-refractivity contribution in [3.63, 3.8) is 0 Å². The minimum Gasteiger partial charge on any atom is -0.294 e. The Bertz CT molecular complexity index is 545. The zero-order chi connectivity index (χ0) is 12.3. The number of carbonyl (C=O) groups is 1. The molecule has 86 valence electrons. The lowest BCUT2D eigenvalue weighted by Crippen LogP contribution is -1.93. The Morgan fingerprint density at radius 1 is 1.35 bits per heavy atom. The summed E-state index contributed by atoms with van der Waals surface area (Å²) in [6.07, 6.45) is 5.00. The van der Waals surface area contributed by atoms with E-state index in [1.165, 1.54) is 11.8 Å². The first-order valence-electron chi connectivity index (χ1n) is 4.91. The lowest BCUT2D eigenvalue weighted by molar-refractivity contribution is 0.101. The van der Waals surface area contributed by atoms with E-state index in [0.717, 1.165) is 14.4 Å². The standard InChI is InChI=1S/C12H9BrN2OS/c1-8(16)10-3-2-9(6-11(10)13)17-12-7-14-4-5-15-12/h2-7H,1H3. The highest BCUT2D eigenvalue weighted by Gasteiger charge is 2.06. The molecule has 2 rings (SSSR count). The van der Waals surface area contributed by atoms with Crippen LogP contribution < -0.4 is 0 Å². The quantitative estimate of drug-likeness (QED) is 0.813. The third-order valence-electron chi connectivity index (χ3n) is 2.08. The summed E-state index contributed by atoms with van der Waals surface area (Å²) < 4.78 is 0.805. The van der Waals surface area contributed by atoms with E-state index >= 15 is 0 Å². The fraction of sp³-hybridized carbons (Fsp3) is 0.0833. The van der Waals surface area contributed by atoms with Crippen molar-refractivity contribution in [2.24, 2.45) is 0 Å². The molecular formula is C12H9BrN2OS. The van der Waals surface area contributed by atoms with Crippen molar-refractivity contribution in [1.82, 2.24) is 9.97 Å². The van der Waals surface area contributed by atoms with Crippen LogP contribution in [0.1, 0.15) is 17.3 Å². The van der Waals surface area contributed by atoms with Gasteiger partial charge >= 0.3 is 0 Å². The molecule has 17 heavy (non-hydrogen) atoms. The van der Waals surface area contributed by atoms with Gasteiger partial charge < -0.3 is 0 Å². The van der Waals surface area contributed by atoms with Crippen LogP contribution in [-0.4, -0.2) is 15.8 Å². The average Bonchev–Trinajstić information content (AvgIpc) is 2.30. The van der Waals surface area contributed by atoms with Crippen LogP contribution in [0, 0.1) is 0 Å². The molecule has 0 amide bonds. The van der Waals surface area contributed by atoms with Gasteiger partial charge in [-0.1, -0.05) is 27.7 Å². The molecule has 0 saturated heterocycles. The zero-order valence-corrected chi connectivity index (χ0v) is 11.5. The number of Topliss-reactive ketones (excluding diaryl/α,β-unsaturated/α-hetero) is 1. The van der Waals surface area contributed by atoms with Crippen LogP contribution in [0.4, 0.5) is 0 Å². The first-order chi connectivity index (χ1) is 8.16. The Kier molecular flexibility index (Phi) is 3.91. The molecule has 0 bridgehead atoms. The van der Waals surface area contributed by atoms with Crippen molar-refractivity contribution in [3.05, 3.63) is 46.8 Å². The second-order valence-corrected chi connectivity index (χ2v) is 5.29. The lowest BCUT2D eigenvalue weighted by atomic mass is 10.2. The van der Waals surface area contributed by atoms with E-state index in [0.29, 0.717) is 5.56 Å². The van der Waals surface area contributed by atoms with Crippen molar-refractivity contribution < 1.29 is 4.79 Å². The van der Waals surface area contributed by atoms with E-state index in [1.54, 1.807) is 25.5 Å². The molecule has 0 aliphatic rings. The minimum atomic E-state index is 0.0490. The highest BCUT2D eigenvalue weighted by Crippen LogP contribution is 2.29. The highest BCUT2D eigenvalue weighted by atomic mass is 79.9.